The molecule has 5 heterocycles. The lowest BCUT2D eigenvalue weighted by Gasteiger charge is -2.38. The second-order valence-corrected chi connectivity index (χ2v) is 27.3. The molecule has 1 saturated carbocycles. The number of hydrogen-bond acceptors (Lipinski definition) is 4. The third-order valence-corrected chi connectivity index (χ3v) is 19.9. The monoisotopic (exact) mass is 1180 g/mol. The number of fused-ring (bicyclic) bond motifs is 13. The zero-order valence-electron chi connectivity index (χ0n) is 52.1. The van der Waals surface area contributed by atoms with Crippen molar-refractivity contribution in [3.05, 3.63) is 271 Å². The van der Waals surface area contributed by atoms with E-state index in [1.807, 2.05) is 0 Å². The summed E-state index contributed by atoms with van der Waals surface area (Å²) >= 11 is 0. The minimum Gasteiger partial charge on any atom is -0.309 e. The summed E-state index contributed by atoms with van der Waals surface area (Å²) in [5, 5.41) is 15.1. The highest BCUT2D eigenvalue weighted by Crippen LogP contribution is 2.55. The number of aromatic nitrogens is 6. The lowest BCUT2D eigenvalue weighted by molar-refractivity contribution is 0.312. The van der Waals surface area contributed by atoms with Crippen molar-refractivity contribution in [2.24, 2.45) is 0 Å². The van der Waals surface area contributed by atoms with Crippen LogP contribution in [-0.4, -0.2) is 34.1 Å². The number of hydrogen-bond donors (Lipinski definition) is 0. The third-order valence-electron chi connectivity index (χ3n) is 19.9. The van der Waals surface area contributed by atoms with Gasteiger partial charge < -0.3 is 14.0 Å². The van der Waals surface area contributed by atoms with Crippen LogP contribution >= 0.6 is 0 Å². The van der Waals surface area contributed by atoms with Crippen LogP contribution in [0.15, 0.2) is 249 Å². The molecule has 2 aliphatic rings. The summed E-state index contributed by atoms with van der Waals surface area (Å²) in [6.45, 7) is 13.8. The van der Waals surface area contributed by atoms with Crippen LogP contribution in [0.4, 0.5) is 11.6 Å². The summed E-state index contributed by atoms with van der Waals surface area (Å²) in [6, 6.07) is 93.8. The fourth-order valence-electron chi connectivity index (χ4n) is 15.4. The molecule has 91 heavy (non-hydrogen) atoms. The van der Waals surface area contributed by atoms with Crippen LogP contribution in [0, 0.1) is 11.3 Å². The zero-order valence-corrected chi connectivity index (χ0v) is 52.1. The lowest BCUT2D eigenvalue weighted by Crippen LogP contribution is -2.36. The molecule has 1 fully saturated rings. The average molecular weight is 1180 g/mol. The smallest absolute Gasteiger partial charge is 0.220 e. The van der Waals surface area contributed by atoms with Crippen LogP contribution in [0.3, 0.4) is 0 Å². The Morgan fingerprint density at radius 2 is 0.945 bits per heavy atom. The molecule has 15 aromatic rings. The molecule has 11 aromatic carbocycles. The first kappa shape index (κ1) is 54.4. The topological polar surface area (TPSA) is 72.0 Å². The van der Waals surface area contributed by atoms with E-state index in [1.54, 1.807) is 0 Å². The van der Waals surface area contributed by atoms with Crippen molar-refractivity contribution < 1.29 is 0 Å². The van der Waals surface area contributed by atoms with Crippen LogP contribution in [0.25, 0.3) is 117 Å². The molecule has 8 nitrogen and oxygen atoms in total. The second-order valence-electron chi connectivity index (χ2n) is 27.3. The molecule has 0 radical (unpaired) electrons. The van der Waals surface area contributed by atoms with E-state index in [9.17, 15) is 5.26 Å². The van der Waals surface area contributed by atoms with Crippen LogP contribution in [0.2, 0.25) is 0 Å². The first-order valence-corrected chi connectivity index (χ1v) is 32.1. The van der Waals surface area contributed by atoms with Crippen LogP contribution in [0.5, 0.6) is 0 Å². The normalized spacial score (nSPS) is 16.0. The summed E-state index contributed by atoms with van der Waals surface area (Å²) in [5.41, 5.74) is 24.2. The van der Waals surface area contributed by atoms with Gasteiger partial charge in [0.1, 0.15) is 6.07 Å². The van der Waals surface area contributed by atoms with Crippen molar-refractivity contribution in [3.63, 3.8) is 0 Å². The largest absolute Gasteiger partial charge is 0.309 e. The Bertz CT molecular complexity index is 5350. The van der Waals surface area contributed by atoms with Gasteiger partial charge >= 0.3 is 0 Å². The van der Waals surface area contributed by atoms with Gasteiger partial charge in [-0.1, -0.05) is 199 Å². The minimum absolute atomic E-state index is 0.0114. The van der Waals surface area contributed by atoms with E-state index >= 15 is 0 Å². The van der Waals surface area contributed by atoms with Crippen molar-refractivity contribution in [3.8, 4) is 62.0 Å². The Morgan fingerprint density at radius 3 is 1.53 bits per heavy atom. The first-order chi connectivity index (χ1) is 44.4. The van der Waals surface area contributed by atoms with Gasteiger partial charge in [0.15, 0.2) is 0 Å². The van der Waals surface area contributed by atoms with E-state index < -0.39 is 0 Å². The van der Waals surface area contributed by atoms with Gasteiger partial charge in [0.2, 0.25) is 11.7 Å². The van der Waals surface area contributed by atoms with Gasteiger partial charge in [0, 0.05) is 27.7 Å². The summed E-state index contributed by atoms with van der Waals surface area (Å²) in [4.78, 5) is 13.5. The van der Waals surface area contributed by atoms with Crippen LogP contribution in [-0.2, 0) is 10.8 Å². The van der Waals surface area contributed by atoms with E-state index in [0.717, 1.165) is 131 Å². The summed E-state index contributed by atoms with van der Waals surface area (Å²) in [5.74, 6) is 1.79. The highest BCUT2D eigenvalue weighted by molar-refractivity contribution is 6.11. The van der Waals surface area contributed by atoms with Gasteiger partial charge in [-0.3, -0.25) is 8.97 Å². The first-order valence-electron chi connectivity index (χ1n) is 32.1. The molecule has 3 atom stereocenters. The summed E-state index contributed by atoms with van der Waals surface area (Å²) < 4.78 is 9.68. The molecule has 0 amide bonds. The molecule has 0 N–H and O–H groups in total. The Kier molecular flexibility index (Phi) is 12.4. The molecule has 1 aliphatic heterocycles. The fourth-order valence-corrected chi connectivity index (χ4v) is 15.4. The van der Waals surface area contributed by atoms with E-state index in [-0.39, 0.29) is 28.8 Å². The van der Waals surface area contributed by atoms with Crippen LogP contribution in [0.1, 0.15) is 95.0 Å². The highest BCUT2D eigenvalue weighted by Gasteiger charge is 2.46. The standard InChI is InChI=1S/C83H68N8/c1-82(2,3)59-36-42-69-64(48-59)65-49-60(83(4,5)6)37-43-70(65)89(69)77-50-63(54-26-16-9-17-27-54)78(57-34-40-71-75(46-57)90-73-44-55(52-22-12-7-13-23-52)32-38-67(73)85-80(90)87(71)61-28-18-10-19-29-61)66(51-84)79(77)58-35-41-72-76(47-58)91-74-45-56(53-24-14-8-15-25-53)33-39-68(74)86-81(91)88(72)62-30-20-11-21-31-62/h7-33,35-39,41-45,47-50,57,71,75H,34,40,46H2,1-6H3. The fraction of sp³-hybridized carbons (Fsp3) is 0.169. The summed E-state index contributed by atoms with van der Waals surface area (Å²) in [6.07, 6.45) is 2.58. The van der Waals surface area contributed by atoms with Crippen molar-refractivity contribution in [1.29, 1.82) is 5.26 Å². The van der Waals surface area contributed by atoms with Gasteiger partial charge in [-0.25, -0.2) is 9.97 Å². The minimum atomic E-state index is -0.0911. The van der Waals surface area contributed by atoms with Gasteiger partial charge in [0.05, 0.1) is 67.5 Å². The number of rotatable bonds is 8. The van der Waals surface area contributed by atoms with Gasteiger partial charge in [-0.05, 0) is 183 Å². The Morgan fingerprint density at radius 1 is 0.429 bits per heavy atom. The molecule has 17 rings (SSSR count). The molecule has 0 saturated heterocycles. The second kappa shape index (κ2) is 20.7. The quantitative estimate of drug-likeness (QED) is 0.152. The van der Waals surface area contributed by atoms with Crippen molar-refractivity contribution in [1.82, 2.24) is 28.1 Å². The maximum absolute atomic E-state index is 12.7. The molecule has 4 aromatic heterocycles. The number of nitrogens with zero attached hydrogens (tertiary/aromatic N) is 8. The van der Waals surface area contributed by atoms with E-state index in [2.05, 4.69) is 319 Å². The molecular formula is C83H68N8. The van der Waals surface area contributed by atoms with Crippen molar-refractivity contribution >= 4 is 72.3 Å². The molecule has 0 bridgehead atoms. The Labute approximate surface area is 530 Å². The van der Waals surface area contributed by atoms with Crippen molar-refractivity contribution in [2.75, 3.05) is 4.90 Å². The molecule has 440 valence electrons. The zero-order chi connectivity index (χ0) is 61.4. The summed E-state index contributed by atoms with van der Waals surface area (Å²) in [7, 11) is 0. The van der Waals surface area contributed by atoms with E-state index in [0.29, 0.717) is 5.56 Å². The van der Waals surface area contributed by atoms with Crippen LogP contribution < -0.4 is 4.90 Å². The average Bonchev–Trinajstić information content (AvgIpc) is 1.61. The Hall–Kier alpha value is -10.8. The van der Waals surface area contributed by atoms with Crippen molar-refractivity contribution in [2.45, 2.75) is 89.6 Å². The highest BCUT2D eigenvalue weighted by atomic mass is 15.4. The predicted molar refractivity (Wildman–Crippen MR) is 375 cm³/mol. The molecule has 3 unspecified atom stereocenters. The molecule has 0 spiro atoms. The Balaban J connectivity index is 0.959. The lowest BCUT2D eigenvalue weighted by atomic mass is 9.73. The van der Waals surface area contributed by atoms with E-state index in [1.165, 1.54) is 33.0 Å². The number of anilines is 2. The SMILES string of the molecule is CC(C)(C)c1ccc2c(c1)c1cc(C(C)(C)C)ccc1n2-c1cc(-c2ccccc2)c(C2CCC3C(C2)n2c(nc4ccc(-c5ccccc5)cc42)N3c2ccccc2)c(C#N)c1-c1ccc2c(c1)n1c3cc(-c4ccccc4)ccc3nc1n2-c1ccccc1. The predicted octanol–water partition coefficient (Wildman–Crippen LogP) is 21.0. The van der Waals surface area contributed by atoms with E-state index in [4.69, 9.17) is 9.97 Å². The van der Waals surface area contributed by atoms with Gasteiger partial charge in [-0.15, -0.1) is 0 Å². The maximum atomic E-state index is 12.7. The molecular weight excluding hydrogens is 1110 g/mol. The number of para-hydroxylation sites is 2. The number of imidazole rings is 3. The van der Waals surface area contributed by atoms with Gasteiger partial charge in [-0.2, -0.15) is 5.26 Å². The third kappa shape index (κ3) is 8.69. The molecule has 1 aliphatic carbocycles. The number of benzene rings is 11. The maximum Gasteiger partial charge on any atom is 0.220 e. The molecule has 8 heteroatoms. The number of nitriles is 1. The van der Waals surface area contributed by atoms with Gasteiger partial charge in [0.25, 0.3) is 0 Å².